The fourth-order valence-electron chi connectivity index (χ4n) is 4.58. The van der Waals surface area contributed by atoms with E-state index in [1.165, 1.54) is 25.9 Å². The average molecular weight is 415 g/mol. The van der Waals surface area contributed by atoms with Crippen LogP contribution in [0.2, 0.25) is 0 Å². The van der Waals surface area contributed by atoms with Gasteiger partial charge in [0.25, 0.3) is 0 Å². The molecule has 0 bridgehead atoms. The van der Waals surface area contributed by atoms with Crippen LogP contribution in [0.15, 0.2) is 24.3 Å². The Morgan fingerprint density at radius 2 is 1.87 bits per heavy atom. The Labute approximate surface area is 181 Å². The fraction of sp³-hybridized carbons (Fsp3) is 0.667. The standard InChI is InChI=1S/C24H38N4O2/c1-19(2)23(29)28(17-9-15-26-13-6-7-14-26)21-11-8-16-27(18-21)24(30)25-22-12-5-4-10-20(22)3/h4-5,10,12,19,21H,6-9,11,13-18H2,1-3H3,(H,25,30). The number of aryl methyl sites for hydroxylation is 1. The van der Waals surface area contributed by atoms with Gasteiger partial charge < -0.3 is 20.0 Å². The molecule has 1 aromatic rings. The molecule has 166 valence electrons. The second-order valence-corrected chi connectivity index (χ2v) is 9.08. The number of carbonyl (C=O) groups excluding carboxylic acids is 2. The first-order chi connectivity index (χ1) is 14.5. The molecular formula is C24H38N4O2. The van der Waals surface area contributed by atoms with E-state index < -0.39 is 0 Å². The van der Waals surface area contributed by atoms with Crippen molar-refractivity contribution in [1.29, 1.82) is 0 Å². The van der Waals surface area contributed by atoms with E-state index in [1.54, 1.807) is 0 Å². The molecule has 2 heterocycles. The van der Waals surface area contributed by atoms with Crippen molar-refractivity contribution < 1.29 is 9.59 Å². The number of carbonyl (C=O) groups is 2. The highest BCUT2D eigenvalue weighted by Gasteiger charge is 2.31. The zero-order chi connectivity index (χ0) is 21.5. The highest BCUT2D eigenvalue weighted by Crippen LogP contribution is 2.21. The molecule has 3 rings (SSSR count). The number of amides is 3. The molecule has 6 heteroatoms. The van der Waals surface area contributed by atoms with Crippen LogP contribution in [0.5, 0.6) is 0 Å². The van der Waals surface area contributed by atoms with Crippen molar-refractivity contribution in [3.05, 3.63) is 29.8 Å². The van der Waals surface area contributed by atoms with E-state index >= 15 is 0 Å². The summed E-state index contributed by atoms with van der Waals surface area (Å²) in [5, 5.41) is 3.05. The number of urea groups is 1. The third-order valence-corrected chi connectivity index (χ3v) is 6.36. The van der Waals surface area contributed by atoms with Gasteiger partial charge in [-0.1, -0.05) is 32.0 Å². The van der Waals surface area contributed by atoms with E-state index in [0.717, 1.165) is 50.1 Å². The predicted octanol–water partition coefficient (Wildman–Crippen LogP) is 3.96. The van der Waals surface area contributed by atoms with Crippen molar-refractivity contribution >= 4 is 17.6 Å². The molecule has 0 aromatic heterocycles. The second-order valence-electron chi connectivity index (χ2n) is 9.08. The first-order valence-electron chi connectivity index (χ1n) is 11.6. The zero-order valence-corrected chi connectivity index (χ0v) is 18.9. The van der Waals surface area contributed by atoms with Gasteiger partial charge in [-0.2, -0.15) is 0 Å². The summed E-state index contributed by atoms with van der Waals surface area (Å²) in [6, 6.07) is 7.88. The Kier molecular flexibility index (Phi) is 8.14. The summed E-state index contributed by atoms with van der Waals surface area (Å²) in [6.45, 7) is 11.5. The molecule has 3 amide bonds. The topological polar surface area (TPSA) is 55.9 Å². The van der Waals surface area contributed by atoms with Gasteiger partial charge in [0.1, 0.15) is 0 Å². The molecule has 1 N–H and O–H groups in total. The van der Waals surface area contributed by atoms with Crippen molar-refractivity contribution in [3.8, 4) is 0 Å². The monoisotopic (exact) mass is 414 g/mol. The van der Waals surface area contributed by atoms with Crippen LogP contribution in [0.3, 0.4) is 0 Å². The Balaban J connectivity index is 1.60. The molecule has 0 spiro atoms. The molecular weight excluding hydrogens is 376 g/mol. The molecule has 30 heavy (non-hydrogen) atoms. The molecule has 2 fully saturated rings. The minimum atomic E-state index is -0.0667. The minimum Gasteiger partial charge on any atom is -0.338 e. The van der Waals surface area contributed by atoms with Crippen molar-refractivity contribution in [2.24, 2.45) is 5.92 Å². The molecule has 1 aromatic carbocycles. The van der Waals surface area contributed by atoms with Crippen molar-refractivity contribution in [1.82, 2.24) is 14.7 Å². The fourth-order valence-corrected chi connectivity index (χ4v) is 4.58. The van der Waals surface area contributed by atoms with Crippen LogP contribution in [0.4, 0.5) is 10.5 Å². The van der Waals surface area contributed by atoms with Crippen molar-refractivity contribution in [2.45, 2.75) is 58.9 Å². The van der Waals surface area contributed by atoms with Gasteiger partial charge in [-0.15, -0.1) is 0 Å². The highest BCUT2D eigenvalue weighted by atomic mass is 16.2. The van der Waals surface area contributed by atoms with Gasteiger partial charge in [0, 0.05) is 37.3 Å². The van der Waals surface area contributed by atoms with Crippen LogP contribution >= 0.6 is 0 Å². The number of hydrogen-bond acceptors (Lipinski definition) is 3. The Hall–Kier alpha value is -2.08. The predicted molar refractivity (Wildman–Crippen MR) is 122 cm³/mol. The summed E-state index contributed by atoms with van der Waals surface area (Å²) < 4.78 is 0. The number of nitrogens with one attached hydrogen (secondary N) is 1. The summed E-state index contributed by atoms with van der Waals surface area (Å²) in [6.07, 6.45) is 5.49. The summed E-state index contributed by atoms with van der Waals surface area (Å²) in [5.41, 5.74) is 1.91. The summed E-state index contributed by atoms with van der Waals surface area (Å²) in [4.78, 5) is 32.3. The smallest absolute Gasteiger partial charge is 0.321 e. The van der Waals surface area contributed by atoms with Gasteiger partial charge in [0.15, 0.2) is 0 Å². The number of benzene rings is 1. The number of likely N-dealkylation sites (tertiary alicyclic amines) is 2. The normalized spacial score (nSPS) is 19.9. The summed E-state index contributed by atoms with van der Waals surface area (Å²) >= 11 is 0. The largest absolute Gasteiger partial charge is 0.338 e. The zero-order valence-electron chi connectivity index (χ0n) is 18.9. The molecule has 0 saturated carbocycles. The van der Waals surface area contributed by atoms with Gasteiger partial charge in [-0.05, 0) is 70.3 Å². The van der Waals surface area contributed by atoms with Gasteiger partial charge in [0.2, 0.25) is 5.91 Å². The number of hydrogen-bond donors (Lipinski definition) is 1. The Bertz CT molecular complexity index is 715. The average Bonchev–Trinajstić information content (AvgIpc) is 3.26. The van der Waals surface area contributed by atoms with Crippen LogP contribution in [0.25, 0.3) is 0 Å². The lowest BCUT2D eigenvalue weighted by molar-refractivity contribution is -0.138. The van der Waals surface area contributed by atoms with Crippen LogP contribution in [-0.2, 0) is 4.79 Å². The lowest BCUT2D eigenvalue weighted by atomic mass is 10.0. The molecule has 2 aliphatic rings. The maximum absolute atomic E-state index is 13.0. The van der Waals surface area contributed by atoms with Crippen LogP contribution in [0.1, 0.15) is 51.5 Å². The highest BCUT2D eigenvalue weighted by molar-refractivity contribution is 5.90. The van der Waals surface area contributed by atoms with E-state index in [4.69, 9.17) is 0 Å². The minimum absolute atomic E-state index is 0.0204. The van der Waals surface area contributed by atoms with E-state index in [0.29, 0.717) is 6.54 Å². The van der Waals surface area contributed by atoms with Gasteiger partial charge >= 0.3 is 6.03 Å². The number of piperidine rings is 1. The third-order valence-electron chi connectivity index (χ3n) is 6.36. The molecule has 0 radical (unpaired) electrons. The van der Waals surface area contributed by atoms with Crippen LogP contribution < -0.4 is 5.32 Å². The summed E-state index contributed by atoms with van der Waals surface area (Å²) in [7, 11) is 0. The van der Waals surface area contributed by atoms with E-state index in [1.807, 2.05) is 49.9 Å². The maximum Gasteiger partial charge on any atom is 0.321 e. The molecule has 0 aliphatic carbocycles. The third kappa shape index (κ3) is 5.97. The first-order valence-corrected chi connectivity index (χ1v) is 11.6. The molecule has 1 unspecified atom stereocenters. The lowest BCUT2D eigenvalue weighted by Gasteiger charge is -2.40. The number of anilines is 1. The van der Waals surface area contributed by atoms with E-state index in [2.05, 4.69) is 15.1 Å². The lowest BCUT2D eigenvalue weighted by Crippen LogP contribution is -2.53. The molecule has 6 nitrogen and oxygen atoms in total. The SMILES string of the molecule is Cc1ccccc1NC(=O)N1CCCC(N(CCCN2CCCC2)C(=O)C(C)C)C1. The van der Waals surface area contributed by atoms with Gasteiger partial charge in [0.05, 0.1) is 0 Å². The number of rotatable bonds is 7. The molecule has 2 aliphatic heterocycles. The van der Waals surface area contributed by atoms with Crippen LogP contribution in [-0.4, -0.2) is 71.9 Å². The van der Waals surface area contributed by atoms with Crippen LogP contribution in [0, 0.1) is 12.8 Å². The number of nitrogens with zero attached hydrogens (tertiary/aromatic N) is 3. The summed E-state index contributed by atoms with van der Waals surface area (Å²) in [5.74, 6) is 0.190. The van der Waals surface area contributed by atoms with Crippen molar-refractivity contribution in [2.75, 3.05) is 44.6 Å². The molecule has 2 saturated heterocycles. The van der Waals surface area contributed by atoms with E-state index in [9.17, 15) is 9.59 Å². The molecule has 1 atom stereocenters. The van der Waals surface area contributed by atoms with Crippen molar-refractivity contribution in [3.63, 3.8) is 0 Å². The van der Waals surface area contributed by atoms with Gasteiger partial charge in [-0.25, -0.2) is 4.79 Å². The quantitative estimate of drug-likeness (QED) is 0.735. The second kappa shape index (κ2) is 10.8. The van der Waals surface area contributed by atoms with Gasteiger partial charge in [-0.3, -0.25) is 4.79 Å². The van der Waals surface area contributed by atoms with E-state index in [-0.39, 0.29) is 23.9 Å². The Morgan fingerprint density at radius 1 is 1.13 bits per heavy atom. The maximum atomic E-state index is 13.0. The number of para-hydroxylation sites is 1. The first kappa shape index (κ1) is 22.6. The Morgan fingerprint density at radius 3 is 2.57 bits per heavy atom.